The molecule has 2 fully saturated rings. The summed E-state index contributed by atoms with van der Waals surface area (Å²) >= 11 is 6.00. The van der Waals surface area contributed by atoms with Crippen LogP contribution in [0, 0.1) is 0 Å². The number of carbonyl (C=O) groups is 2. The average molecular weight is 500 g/mol. The topological polar surface area (TPSA) is 85.3 Å². The molecule has 8 heteroatoms. The number of aliphatic hydroxyl groups is 1. The van der Waals surface area contributed by atoms with Crippen LogP contribution < -0.4 is 9.47 Å². The van der Waals surface area contributed by atoms with Crippen molar-refractivity contribution in [2.75, 3.05) is 26.9 Å². The third kappa shape index (κ3) is 5.31. The molecule has 1 amide bonds. The summed E-state index contributed by atoms with van der Waals surface area (Å²) in [5.41, 5.74) is 1.07. The molecule has 2 saturated heterocycles. The third-order valence-electron chi connectivity index (χ3n) is 6.34. The van der Waals surface area contributed by atoms with Crippen molar-refractivity contribution in [3.05, 3.63) is 64.2 Å². The molecule has 0 aromatic heterocycles. The van der Waals surface area contributed by atoms with Crippen molar-refractivity contribution in [1.29, 1.82) is 0 Å². The van der Waals surface area contributed by atoms with Gasteiger partial charge in [0.2, 0.25) is 0 Å². The summed E-state index contributed by atoms with van der Waals surface area (Å²) in [7, 11) is 1.54. The second-order valence-corrected chi connectivity index (χ2v) is 9.14. The van der Waals surface area contributed by atoms with Gasteiger partial charge in [-0.1, -0.05) is 31.0 Å². The number of carbonyl (C=O) groups excluding carboxylic acids is 2. The van der Waals surface area contributed by atoms with Crippen molar-refractivity contribution >= 4 is 29.1 Å². The number of hydrogen-bond donors (Lipinski definition) is 1. The van der Waals surface area contributed by atoms with Crippen LogP contribution in [0.15, 0.2) is 48.0 Å². The molecule has 7 nitrogen and oxygen atoms in total. The lowest BCUT2D eigenvalue weighted by Gasteiger charge is -2.28. The second kappa shape index (κ2) is 11.1. The number of hydrogen-bond acceptors (Lipinski definition) is 6. The van der Waals surface area contributed by atoms with E-state index in [1.807, 2.05) is 0 Å². The van der Waals surface area contributed by atoms with Crippen LogP contribution in [0.1, 0.15) is 49.8 Å². The molecule has 2 aliphatic heterocycles. The normalized spacial score (nSPS) is 21.5. The molecular formula is C27H30ClNO6. The summed E-state index contributed by atoms with van der Waals surface area (Å²) in [6.07, 6.45) is 3.46. The van der Waals surface area contributed by atoms with Crippen LogP contribution in [-0.4, -0.2) is 54.7 Å². The highest BCUT2D eigenvalue weighted by Gasteiger charge is 2.47. The number of benzene rings is 2. The summed E-state index contributed by atoms with van der Waals surface area (Å²) in [6, 6.07) is 11.0. The van der Waals surface area contributed by atoms with Crippen molar-refractivity contribution in [2.24, 2.45) is 0 Å². The monoisotopic (exact) mass is 499 g/mol. The number of aliphatic hydroxyl groups excluding tert-OH is 1. The molecule has 2 heterocycles. The number of nitrogens with zero attached hydrogens (tertiary/aromatic N) is 1. The number of methoxy groups -OCH3 is 1. The predicted molar refractivity (Wildman–Crippen MR) is 133 cm³/mol. The summed E-state index contributed by atoms with van der Waals surface area (Å²) in [5, 5.41) is 11.7. The molecule has 0 spiro atoms. The Labute approximate surface area is 210 Å². The molecule has 0 aliphatic carbocycles. The first kappa shape index (κ1) is 25.1. The molecule has 0 radical (unpaired) electrons. The van der Waals surface area contributed by atoms with Gasteiger partial charge in [-0.05, 0) is 61.2 Å². The maximum Gasteiger partial charge on any atom is 0.295 e. The van der Waals surface area contributed by atoms with Gasteiger partial charge in [-0.3, -0.25) is 9.59 Å². The van der Waals surface area contributed by atoms with Crippen LogP contribution >= 0.6 is 11.6 Å². The Balaban J connectivity index is 1.78. The molecule has 2 unspecified atom stereocenters. The minimum absolute atomic E-state index is 0.0250. The number of amides is 1. The number of ether oxygens (including phenoxy) is 3. The molecular weight excluding hydrogens is 470 g/mol. The smallest absolute Gasteiger partial charge is 0.295 e. The van der Waals surface area contributed by atoms with E-state index in [4.69, 9.17) is 25.8 Å². The van der Waals surface area contributed by atoms with E-state index in [0.717, 1.165) is 25.7 Å². The standard InChI is InChI=1S/C27H30ClNO6/c1-3-4-13-35-21-12-9-18(15-22(21)33-2)24-23(25(30)17-7-10-19(28)11-8-17)26(31)27(32)29(24)16-20-6-5-14-34-20/h7-12,15,20,24,30H,3-6,13-14,16H2,1-2H3. The largest absolute Gasteiger partial charge is 0.507 e. The zero-order valence-corrected chi connectivity index (χ0v) is 20.7. The number of halogens is 1. The number of unbranched alkanes of at least 4 members (excludes halogenated alkanes) is 1. The van der Waals surface area contributed by atoms with Crippen LogP contribution in [0.4, 0.5) is 0 Å². The maximum absolute atomic E-state index is 13.2. The fourth-order valence-electron chi connectivity index (χ4n) is 4.49. The lowest BCUT2D eigenvalue weighted by Crippen LogP contribution is -2.36. The van der Waals surface area contributed by atoms with Gasteiger partial charge in [-0.15, -0.1) is 0 Å². The SMILES string of the molecule is CCCCOc1ccc(C2C(=C(O)c3ccc(Cl)cc3)C(=O)C(=O)N2CC2CCCO2)cc1OC. The molecule has 186 valence electrons. The minimum atomic E-state index is -0.798. The Morgan fingerprint density at radius 2 is 1.94 bits per heavy atom. The number of ketones is 1. The molecule has 0 bridgehead atoms. The molecule has 2 aromatic carbocycles. The van der Waals surface area contributed by atoms with E-state index in [9.17, 15) is 14.7 Å². The fourth-order valence-corrected chi connectivity index (χ4v) is 4.61. The van der Waals surface area contributed by atoms with Crippen molar-refractivity contribution in [3.8, 4) is 11.5 Å². The number of rotatable bonds is 9. The first-order chi connectivity index (χ1) is 16.9. The average Bonchev–Trinajstić information content (AvgIpc) is 3.47. The second-order valence-electron chi connectivity index (χ2n) is 8.71. The van der Waals surface area contributed by atoms with Gasteiger partial charge in [0.15, 0.2) is 11.5 Å². The highest BCUT2D eigenvalue weighted by atomic mass is 35.5. The molecule has 2 atom stereocenters. The van der Waals surface area contributed by atoms with Gasteiger partial charge in [0.1, 0.15) is 5.76 Å². The lowest BCUT2D eigenvalue weighted by atomic mass is 9.95. The van der Waals surface area contributed by atoms with Crippen molar-refractivity contribution in [1.82, 2.24) is 4.90 Å². The summed E-state index contributed by atoms with van der Waals surface area (Å²) in [4.78, 5) is 27.9. The molecule has 2 aliphatic rings. The van der Waals surface area contributed by atoms with E-state index in [1.54, 1.807) is 49.6 Å². The van der Waals surface area contributed by atoms with E-state index < -0.39 is 17.7 Å². The molecule has 35 heavy (non-hydrogen) atoms. The summed E-state index contributed by atoms with van der Waals surface area (Å²) < 4.78 is 17.2. The van der Waals surface area contributed by atoms with E-state index in [1.165, 1.54) is 4.90 Å². The van der Waals surface area contributed by atoms with Crippen molar-refractivity contribution < 1.29 is 28.9 Å². The molecule has 4 rings (SSSR count). The Kier molecular flexibility index (Phi) is 7.98. The molecule has 0 saturated carbocycles. The van der Waals surface area contributed by atoms with Crippen molar-refractivity contribution in [3.63, 3.8) is 0 Å². The van der Waals surface area contributed by atoms with E-state index >= 15 is 0 Å². The van der Waals surface area contributed by atoms with Crippen LogP contribution in [0.3, 0.4) is 0 Å². The lowest BCUT2D eigenvalue weighted by molar-refractivity contribution is -0.140. The fraction of sp³-hybridized carbons (Fsp3) is 0.407. The van der Waals surface area contributed by atoms with Gasteiger partial charge in [-0.2, -0.15) is 0 Å². The zero-order valence-electron chi connectivity index (χ0n) is 20.0. The Morgan fingerprint density at radius 1 is 1.17 bits per heavy atom. The highest BCUT2D eigenvalue weighted by molar-refractivity contribution is 6.46. The van der Waals surface area contributed by atoms with Gasteiger partial charge < -0.3 is 24.2 Å². The number of Topliss-reactive ketones (excluding diaryl/α,β-unsaturated/α-hetero) is 1. The van der Waals surface area contributed by atoms with Gasteiger partial charge >= 0.3 is 0 Å². The minimum Gasteiger partial charge on any atom is -0.507 e. The van der Waals surface area contributed by atoms with Crippen LogP contribution in [0.5, 0.6) is 11.5 Å². The molecule has 1 N–H and O–H groups in total. The van der Waals surface area contributed by atoms with Gasteiger partial charge in [-0.25, -0.2) is 0 Å². The first-order valence-corrected chi connectivity index (χ1v) is 12.3. The van der Waals surface area contributed by atoms with E-state index in [0.29, 0.717) is 40.9 Å². The Bertz CT molecular complexity index is 1110. The molecule has 2 aromatic rings. The first-order valence-electron chi connectivity index (χ1n) is 11.9. The van der Waals surface area contributed by atoms with E-state index in [2.05, 4.69) is 6.92 Å². The third-order valence-corrected chi connectivity index (χ3v) is 6.59. The van der Waals surface area contributed by atoms with Crippen LogP contribution in [-0.2, 0) is 14.3 Å². The van der Waals surface area contributed by atoms with Crippen LogP contribution in [0.2, 0.25) is 5.02 Å². The van der Waals surface area contributed by atoms with E-state index in [-0.39, 0.29) is 24.0 Å². The van der Waals surface area contributed by atoms with Gasteiger partial charge in [0.25, 0.3) is 11.7 Å². The van der Waals surface area contributed by atoms with Gasteiger partial charge in [0.05, 0.1) is 31.4 Å². The number of likely N-dealkylation sites (tertiary alicyclic amines) is 1. The maximum atomic E-state index is 13.2. The summed E-state index contributed by atoms with van der Waals surface area (Å²) in [5.74, 6) is -0.570. The summed E-state index contributed by atoms with van der Waals surface area (Å²) in [6.45, 7) is 3.52. The zero-order chi connectivity index (χ0) is 24.9. The Hall–Kier alpha value is -3.03. The highest BCUT2D eigenvalue weighted by Crippen LogP contribution is 2.42. The van der Waals surface area contributed by atoms with Gasteiger partial charge in [0, 0.05) is 23.7 Å². The van der Waals surface area contributed by atoms with Crippen LogP contribution in [0.25, 0.3) is 5.76 Å². The predicted octanol–water partition coefficient (Wildman–Crippen LogP) is 5.13. The Morgan fingerprint density at radius 3 is 2.60 bits per heavy atom. The van der Waals surface area contributed by atoms with Crippen molar-refractivity contribution in [2.45, 2.75) is 44.8 Å². The quantitative estimate of drug-likeness (QED) is 0.223.